The molecular weight excluding hydrogens is 608 g/mol. The number of hydrogen-bond acceptors (Lipinski definition) is 7. The Bertz CT molecular complexity index is 1570. The predicted octanol–water partition coefficient (Wildman–Crippen LogP) is 3.87. The largest absolute Gasteiger partial charge is 0.504 e. The van der Waals surface area contributed by atoms with Crippen molar-refractivity contribution in [1.82, 2.24) is 4.90 Å². The van der Waals surface area contributed by atoms with Gasteiger partial charge in [0.1, 0.15) is 0 Å². The van der Waals surface area contributed by atoms with Crippen molar-refractivity contribution in [2.75, 3.05) is 18.6 Å². The van der Waals surface area contributed by atoms with Crippen LogP contribution < -0.4 is 9.64 Å². The lowest BCUT2D eigenvalue weighted by molar-refractivity contribution is -0.142. The van der Waals surface area contributed by atoms with Gasteiger partial charge in [-0.2, -0.15) is 0 Å². The van der Waals surface area contributed by atoms with Gasteiger partial charge in [0.25, 0.3) is 0 Å². The van der Waals surface area contributed by atoms with Crippen LogP contribution in [0.5, 0.6) is 11.5 Å². The molecular formula is C31H29BrN2O8. The van der Waals surface area contributed by atoms with E-state index in [1.54, 1.807) is 49.4 Å². The molecule has 1 saturated carbocycles. The molecule has 2 aromatic rings. The number of likely N-dealkylation sites (tertiary alicyclic amines) is 1. The van der Waals surface area contributed by atoms with Gasteiger partial charge in [0.15, 0.2) is 11.5 Å². The first-order valence-corrected chi connectivity index (χ1v) is 14.6. The van der Waals surface area contributed by atoms with Crippen LogP contribution in [0.25, 0.3) is 0 Å². The normalized spacial score (nSPS) is 30.2. The molecule has 0 bridgehead atoms. The lowest BCUT2D eigenvalue weighted by Gasteiger charge is -2.49. The average Bonchev–Trinajstić information content (AvgIpc) is 3.32. The zero-order chi connectivity index (χ0) is 30.1. The van der Waals surface area contributed by atoms with Crippen molar-refractivity contribution in [3.05, 3.63) is 64.1 Å². The van der Waals surface area contributed by atoms with Crippen LogP contribution in [0.1, 0.15) is 37.7 Å². The van der Waals surface area contributed by atoms with E-state index in [4.69, 9.17) is 4.74 Å². The third kappa shape index (κ3) is 3.93. The van der Waals surface area contributed by atoms with E-state index in [9.17, 15) is 34.2 Å². The molecule has 0 aromatic heterocycles. The maximum Gasteiger partial charge on any atom is 0.305 e. The number of methoxy groups -OCH3 is 1. The fraction of sp³-hybridized carbons (Fsp3) is 0.387. The molecule has 42 heavy (non-hydrogen) atoms. The van der Waals surface area contributed by atoms with E-state index < -0.39 is 64.6 Å². The van der Waals surface area contributed by atoms with Crippen molar-refractivity contribution in [2.24, 2.45) is 29.1 Å². The second-order valence-corrected chi connectivity index (χ2v) is 12.4. The molecule has 2 aliphatic carbocycles. The molecule has 0 unspecified atom stereocenters. The Labute approximate surface area is 250 Å². The topological polar surface area (TPSA) is 142 Å². The molecule has 6 rings (SSSR count). The molecule has 0 radical (unpaired) electrons. The van der Waals surface area contributed by atoms with Gasteiger partial charge in [-0.3, -0.25) is 28.9 Å². The minimum absolute atomic E-state index is 0.158. The first-order chi connectivity index (χ1) is 20.0. The summed E-state index contributed by atoms with van der Waals surface area (Å²) in [5.41, 5.74) is 0.196. The van der Waals surface area contributed by atoms with Gasteiger partial charge < -0.3 is 14.9 Å². The molecule has 2 saturated heterocycles. The molecule has 6 atom stereocenters. The minimum Gasteiger partial charge on any atom is -0.504 e. The van der Waals surface area contributed by atoms with Crippen LogP contribution in [0.3, 0.4) is 0 Å². The van der Waals surface area contributed by atoms with Crippen molar-refractivity contribution in [2.45, 2.75) is 32.1 Å². The van der Waals surface area contributed by atoms with Crippen LogP contribution in [0.2, 0.25) is 0 Å². The second-order valence-electron chi connectivity index (χ2n) is 11.5. The number of phenols is 1. The van der Waals surface area contributed by atoms with Crippen LogP contribution in [0, 0.1) is 29.1 Å². The number of carboxylic acid groups (broad SMARTS) is 1. The van der Waals surface area contributed by atoms with Crippen molar-refractivity contribution in [3.63, 3.8) is 0 Å². The Hall–Kier alpha value is -3.99. The summed E-state index contributed by atoms with van der Waals surface area (Å²) in [6, 6.07) is 11.9. The number of halogens is 1. The number of phenolic OH excluding ortho intramolecular Hbond substituents is 1. The third-order valence-electron chi connectivity index (χ3n) is 9.53. The van der Waals surface area contributed by atoms with Gasteiger partial charge in [-0.05, 0) is 49.9 Å². The van der Waals surface area contributed by atoms with Gasteiger partial charge in [0.2, 0.25) is 23.6 Å². The fourth-order valence-corrected chi connectivity index (χ4v) is 8.10. The number of aliphatic carboxylic acids is 1. The van der Waals surface area contributed by atoms with Crippen molar-refractivity contribution >= 4 is 51.2 Å². The minimum atomic E-state index is -1.32. The molecule has 10 nitrogen and oxygen atoms in total. The number of anilines is 1. The number of imide groups is 2. The molecule has 4 amide bonds. The SMILES string of the molecule is COc1cc(Br)cc([C@H]2C3=CC[C@@H]4C(=O)N(CCC(=O)O)C(=O)[C@@H]4[C@@H]3C[C@H]3C(=O)N(c4ccccc4)C(=O)[C@@]23C)c1O. The first kappa shape index (κ1) is 28.1. The van der Waals surface area contributed by atoms with Gasteiger partial charge in [0, 0.05) is 22.5 Å². The Balaban J connectivity index is 1.52. The summed E-state index contributed by atoms with van der Waals surface area (Å²) >= 11 is 3.48. The van der Waals surface area contributed by atoms with E-state index in [1.807, 2.05) is 6.08 Å². The molecule has 4 aliphatic rings. The number of amides is 4. The van der Waals surface area contributed by atoms with Gasteiger partial charge in [-0.1, -0.05) is 45.8 Å². The number of carboxylic acids is 1. The standard InChI is InChI=1S/C31H29BrN2O8/c1-31-21(28(39)34(30(31)41)16-6-4-3-5-7-16)14-19-17(25(31)20-12-15(32)13-22(42-2)26(20)37)8-9-18-24(19)29(40)33(27(18)38)11-10-23(35)36/h3-8,12-13,18-19,21,24-25,37H,9-11,14H2,1-2H3,(H,35,36)/t18-,19+,21-,24-,25+,31+/m0/s1. The zero-order valence-corrected chi connectivity index (χ0v) is 24.5. The molecule has 0 spiro atoms. The monoisotopic (exact) mass is 636 g/mol. The lowest BCUT2D eigenvalue weighted by Crippen LogP contribution is -2.49. The summed E-state index contributed by atoms with van der Waals surface area (Å²) in [7, 11) is 1.42. The summed E-state index contributed by atoms with van der Waals surface area (Å²) in [5.74, 6) is -6.53. The van der Waals surface area contributed by atoms with Gasteiger partial charge >= 0.3 is 5.97 Å². The van der Waals surface area contributed by atoms with E-state index >= 15 is 0 Å². The smallest absolute Gasteiger partial charge is 0.305 e. The highest BCUT2D eigenvalue weighted by Gasteiger charge is 2.68. The number of nitrogens with zero attached hydrogens (tertiary/aromatic N) is 2. The zero-order valence-electron chi connectivity index (χ0n) is 23.0. The van der Waals surface area contributed by atoms with E-state index in [-0.39, 0.29) is 37.3 Å². The van der Waals surface area contributed by atoms with E-state index in [1.165, 1.54) is 12.0 Å². The Kier molecular flexibility index (Phi) is 6.75. The van der Waals surface area contributed by atoms with E-state index in [2.05, 4.69) is 15.9 Å². The maximum atomic E-state index is 14.4. The summed E-state index contributed by atoms with van der Waals surface area (Å²) in [6.45, 7) is 1.51. The highest BCUT2D eigenvalue weighted by molar-refractivity contribution is 9.10. The molecule has 11 heteroatoms. The van der Waals surface area contributed by atoms with E-state index in [0.29, 0.717) is 21.3 Å². The predicted molar refractivity (Wildman–Crippen MR) is 152 cm³/mol. The van der Waals surface area contributed by atoms with Gasteiger partial charge in [-0.15, -0.1) is 0 Å². The number of benzene rings is 2. The summed E-state index contributed by atoms with van der Waals surface area (Å²) in [5, 5.41) is 20.6. The second kappa shape index (κ2) is 10.1. The molecule has 218 valence electrons. The number of allylic oxidation sites excluding steroid dienone is 2. The Morgan fingerprint density at radius 1 is 1.07 bits per heavy atom. The molecule has 2 aromatic carbocycles. The number of aromatic hydroxyl groups is 1. The number of carbonyl (C=O) groups is 5. The number of hydrogen-bond donors (Lipinski definition) is 2. The summed E-state index contributed by atoms with van der Waals surface area (Å²) < 4.78 is 6.01. The highest BCUT2D eigenvalue weighted by atomic mass is 79.9. The first-order valence-electron chi connectivity index (χ1n) is 13.8. The molecule has 2 heterocycles. The molecule has 2 aliphatic heterocycles. The van der Waals surface area contributed by atoms with Gasteiger partial charge in [0.05, 0.1) is 42.4 Å². The number of para-hydroxylation sites is 1. The molecule has 3 fully saturated rings. The van der Waals surface area contributed by atoms with Crippen LogP contribution >= 0.6 is 15.9 Å². The Morgan fingerprint density at radius 3 is 2.45 bits per heavy atom. The maximum absolute atomic E-state index is 14.4. The average molecular weight is 637 g/mol. The van der Waals surface area contributed by atoms with Crippen LogP contribution in [0.4, 0.5) is 5.69 Å². The van der Waals surface area contributed by atoms with Crippen molar-refractivity contribution in [1.29, 1.82) is 0 Å². The summed E-state index contributed by atoms with van der Waals surface area (Å²) in [6.07, 6.45) is 1.89. The Morgan fingerprint density at radius 2 is 1.79 bits per heavy atom. The van der Waals surface area contributed by atoms with E-state index in [0.717, 1.165) is 4.90 Å². The number of fused-ring (bicyclic) bond motifs is 4. The van der Waals surface area contributed by atoms with Gasteiger partial charge in [-0.25, -0.2) is 4.90 Å². The lowest BCUT2D eigenvalue weighted by atomic mass is 9.51. The van der Waals surface area contributed by atoms with Crippen molar-refractivity contribution < 1.29 is 38.9 Å². The highest BCUT2D eigenvalue weighted by Crippen LogP contribution is 2.65. The fourth-order valence-electron chi connectivity index (χ4n) is 7.65. The number of ether oxygens (including phenoxy) is 1. The summed E-state index contributed by atoms with van der Waals surface area (Å²) in [4.78, 5) is 69.0. The quantitative estimate of drug-likeness (QED) is 0.360. The van der Waals surface area contributed by atoms with Crippen LogP contribution in [-0.4, -0.2) is 58.4 Å². The van der Waals surface area contributed by atoms with Crippen molar-refractivity contribution in [3.8, 4) is 11.5 Å². The van der Waals surface area contributed by atoms with Crippen LogP contribution in [-0.2, 0) is 24.0 Å². The molecule has 2 N–H and O–H groups in total. The van der Waals surface area contributed by atoms with Crippen LogP contribution in [0.15, 0.2) is 58.6 Å². The third-order valence-corrected chi connectivity index (χ3v) is 9.99. The number of rotatable bonds is 6. The number of carbonyl (C=O) groups excluding carboxylic acids is 4.